The van der Waals surface area contributed by atoms with Gasteiger partial charge in [0.15, 0.2) is 0 Å². The van der Waals surface area contributed by atoms with Gasteiger partial charge in [-0.2, -0.15) is 18.4 Å². The molecule has 0 bridgehead atoms. The first-order chi connectivity index (χ1) is 9.65. The van der Waals surface area contributed by atoms with Crippen LogP contribution >= 0.6 is 0 Å². The summed E-state index contributed by atoms with van der Waals surface area (Å²) in [5.74, 6) is -3.71. The Morgan fingerprint density at radius 2 is 2.00 bits per heavy atom. The van der Waals surface area contributed by atoms with E-state index < -0.39 is 42.1 Å². The predicted molar refractivity (Wildman–Crippen MR) is 61.3 cm³/mol. The molecule has 1 aromatic rings. The molecule has 0 aliphatic heterocycles. The standard InChI is InChI=1S/C11H8F3N3O4/c12-11(13,14)7-2-1-5(4-15)9(17-7)16-6(10(20)21)3-8(18)19/h1-2,6H,3H2,(H,16,17)(H,18,19)(H,20,21). The SMILES string of the molecule is N#Cc1ccc(C(F)(F)F)nc1NC(CC(=O)O)C(=O)O. The van der Waals surface area contributed by atoms with Crippen molar-refractivity contribution in [3.05, 3.63) is 23.4 Å². The van der Waals surface area contributed by atoms with E-state index in [0.717, 1.165) is 6.07 Å². The average Bonchev–Trinajstić information content (AvgIpc) is 2.36. The van der Waals surface area contributed by atoms with Crippen LogP contribution in [-0.2, 0) is 15.8 Å². The van der Waals surface area contributed by atoms with E-state index in [1.54, 1.807) is 0 Å². The van der Waals surface area contributed by atoms with E-state index in [2.05, 4.69) is 4.98 Å². The van der Waals surface area contributed by atoms with Gasteiger partial charge in [-0.05, 0) is 12.1 Å². The normalized spacial score (nSPS) is 12.3. The van der Waals surface area contributed by atoms with E-state index in [1.165, 1.54) is 6.07 Å². The van der Waals surface area contributed by atoms with Crippen molar-refractivity contribution in [3.63, 3.8) is 0 Å². The number of rotatable bonds is 5. The van der Waals surface area contributed by atoms with E-state index in [1.807, 2.05) is 5.32 Å². The fraction of sp³-hybridized carbons (Fsp3) is 0.273. The Hall–Kier alpha value is -2.83. The molecule has 1 aromatic heterocycles. The smallest absolute Gasteiger partial charge is 0.433 e. The van der Waals surface area contributed by atoms with Gasteiger partial charge in [-0.3, -0.25) is 4.79 Å². The lowest BCUT2D eigenvalue weighted by Gasteiger charge is -2.15. The molecular formula is C11H8F3N3O4. The summed E-state index contributed by atoms with van der Waals surface area (Å²) in [6.07, 6.45) is -5.67. The van der Waals surface area contributed by atoms with Crippen LogP contribution < -0.4 is 5.32 Å². The number of carbonyl (C=O) groups is 2. The summed E-state index contributed by atoms with van der Waals surface area (Å²) in [7, 11) is 0. The molecule has 1 heterocycles. The van der Waals surface area contributed by atoms with Gasteiger partial charge in [-0.15, -0.1) is 0 Å². The molecule has 21 heavy (non-hydrogen) atoms. The van der Waals surface area contributed by atoms with Crippen molar-refractivity contribution in [2.75, 3.05) is 5.32 Å². The number of pyridine rings is 1. The van der Waals surface area contributed by atoms with Gasteiger partial charge in [0.2, 0.25) is 0 Å². The Balaban J connectivity index is 3.18. The second-order valence-corrected chi connectivity index (χ2v) is 3.84. The number of alkyl halides is 3. The number of nitriles is 1. The summed E-state index contributed by atoms with van der Waals surface area (Å²) < 4.78 is 37.6. The minimum Gasteiger partial charge on any atom is -0.481 e. The van der Waals surface area contributed by atoms with Crippen LogP contribution in [0.2, 0.25) is 0 Å². The zero-order valence-corrected chi connectivity index (χ0v) is 10.2. The van der Waals surface area contributed by atoms with Crippen LogP contribution in [0.25, 0.3) is 0 Å². The van der Waals surface area contributed by atoms with Gasteiger partial charge in [-0.1, -0.05) is 0 Å². The number of aromatic nitrogens is 1. The fourth-order valence-corrected chi connectivity index (χ4v) is 1.36. The quantitative estimate of drug-likeness (QED) is 0.749. The first-order valence-corrected chi connectivity index (χ1v) is 5.34. The highest BCUT2D eigenvalue weighted by Crippen LogP contribution is 2.29. The second-order valence-electron chi connectivity index (χ2n) is 3.84. The third-order valence-electron chi connectivity index (χ3n) is 2.29. The topological polar surface area (TPSA) is 123 Å². The molecule has 0 spiro atoms. The lowest BCUT2D eigenvalue weighted by Crippen LogP contribution is -2.32. The molecule has 0 amide bonds. The molecule has 0 radical (unpaired) electrons. The van der Waals surface area contributed by atoms with Crippen molar-refractivity contribution < 1.29 is 33.0 Å². The Morgan fingerprint density at radius 1 is 1.38 bits per heavy atom. The summed E-state index contributed by atoms with van der Waals surface area (Å²) in [6.45, 7) is 0. The number of hydrogen-bond donors (Lipinski definition) is 3. The first-order valence-electron chi connectivity index (χ1n) is 5.34. The lowest BCUT2D eigenvalue weighted by atomic mass is 10.2. The molecule has 0 fully saturated rings. The average molecular weight is 303 g/mol. The van der Waals surface area contributed by atoms with E-state index >= 15 is 0 Å². The highest BCUT2D eigenvalue weighted by Gasteiger charge is 2.33. The number of nitrogens with one attached hydrogen (secondary N) is 1. The molecule has 0 saturated carbocycles. The van der Waals surface area contributed by atoms with Crippen LogP contribution in [0.15, 0.2) is 12.1 Å². The maximum Gasteiger partial charge on any atom is 0.433 e. The van der Waals surface area contributed by atoms with Crippen LogP contribution in [0, 0.1) is 11.3 Å². The number of aliphatic carboxylic acids is 2. The van der Waals surface area contributed by atoms with Gasteiger partial charge < -0.3 is 15.5 Å². The predicted octanol–water partition coefficient (Wildman–Crippen LogP) is 1.31. The summed E-state index contributed by atoms with van der Waals surface area (Å²) in [4.78, 5) is 24.5. The number of carboxylic acids is 2. The van der Waals surface area contributed by atoms with Crippen LogP contribution in [-0.4, -0.2) is 33.2 Å². The van der Waals surface area contributed by atoms with Crippen LogP contribution in [0.3, 0.4) is 0 Å². The maximum absolute atomic E-state index is 12.5. The largest absolute Gasteiger partial charge is 0.481 e. The molecule has 112 valence electrons. The number of carboxylic acid groups (broad SMARTS) is 2. The number of halogens is 3. The molecule has 10 heteroatoms. The van der Waals surface area contributed by atoms with Crippen molar-refractivity contribution in [3.8, 4) is 6.07 Å². The summed E-state index contributed by atoms with van der Waals surface area (Å²) in [6, 6.07) is 1.21. The Bertz CT molecular complexity index is 610. The molecular weight excluding hydrogens is 295 g/mol. The van der Waals surface area contributed by atoms with Gasteiger partial charge in [-0.25, -0.2) is 9.78 Å². The van der Waals surface area contributed by atoms with Gasteiger partial charge in [0.05, 0.1) is 12.0 Å². The zero-order valence-electron chi connectivity index (χ0n) is 10.2. The molecule has 1 rings (SSSR count). The molecule has 1 unspecified atom stereocenters. The summed E-state index contributed by atoms with van der Waals surface area (Å²) in [5, 5.41) is 28.2. The molecule has 3 N–H and O–H groups in total. The van der Waals surface area contributed by atoms with Crippen LogP contribution in [0.1, 0.15) is 17.7 Å². The molecule has 1 atom stereocenters. The number of anilines is 1. The number of nitrogens with zero attached hydrogens (tertiary/aromatic N) is 2. The first kappa shape index (κ1) is 16.2. The lowest BCUT2D eigenvalue weighted by molar-refractivity contribution is -0.144. The third-order valence-corrected chi connectivity index (χ3v) is 2.29. The van der Waals surface area contributed by atoms with Crippen molar-refractivity contribution >= 4 is 17.8 Å². The van der Waals surface area contributed by atoms with E-state index in [9.17, 15) is 22.8 Å². The van der Waals surface area contributed by atoms with Gasteiger partial charge in [0, 0.05) is 0 Å². The summed E-state index contributed by atoms with van der Waals surface area (Å²) in [5.41, 5.74) is -1.66. The number of hydrogen-bond acceptors (Lipinski definition) is 5. The van der Waals surface area contributed by atoms with Crippen molar-refractivity contribution in [1.29, 1.82) is 5.26 Å². The maximum atomic E-state index is 12.5. The Labute approximate surface area is 115 Å². The van der Waals surface area contributed by atoms with Gasteiger partial charge in [0.25, 0.3) is 0 Å². The van der Waals surface area contributed by atoms with Gasteiger partial charge >= 0.3 is 18.1 Å². The highest BCUT2D eigenvalue weighted by molar-refractivity contribution is 5.83. The highest BCUT2D eigenvalue weighted by atomic mass is 19.4. The van der Waals surface area contributed by atoms with E-state index in [-0.39, 0.29) is 5.56 Å². The van der Waals surface area contributed by atoms with Crippen molar-refractivity contribution in [1.82, 2.24) is 4.98 Å². The fourth-order valence-electron chi connectivity index (χ4n) is 1.36. The second kappa shape index (κ2) is 6.08. The minimum atomic E-state index is -4.78. The van der Waals surface area contributed by atoms with E-state index in [0.29, 0.717) is 6.07 Å². The van der Waals surface area contributed by atoms with Crippen LogP contribution in [0.4, 0.5) is 19.0 Å². The van der Waals surface area contributed by atoms with Gasteiger partial charge in [0.1, 0.15) is 23.6 Å². The Kier molecular flexibility index (Phi) is 4.70. The molecule has 0 saturated heterocycles. The van der Waals surface area contributed by atoms with Crippen LogP contribution in [0.5, 0.6) is 0 Å². The molecule has 0 aromatic carbocycles. The monoisotopic (exact) mass is 303 g/mol. The molecule has 0 aliphatic rings. The van der Waals surface area contributed by atoms with Crippen molar-refractivity contribution in [2.45, 2.75) is 18.6 Å². The van der Waals surface area contributed by atoms with E-state index in [4.69, 9.17) is 15.5 Å². The third kappa shape index (κ3) is 4.34. The van der Waals surface area contributed by atoms with Crippen molar-refractivity contribution in [2.24, 2.45) is 0 Å². The minimum absolute atomic E-state index is 0.334. The Morgan fingerprint density at radius 3 is 2.43 bits per heavy atom. The zero-order chi connectivity index (χ0) is 16.2. The summed E-state index contributed by atoms with van der Waals surface area (Å²) >= 11 is 0. The molecule has 0 aliphatic carbocycles. The molecule has 7 nitrogen and oxygen atoms in total.